The number of benzene rings is 3. The lowest BCUT2D eigenvalue weighted by molar-refractivity contribution is 0.209. The van der Waals surface area contributed by atoms with Gasteiger partial charge in [-0.25, -0.2) is 4.79 Å². The Morgan fingerprint density at radius 3 is 2.12 bits per heavy atom. The number of para-hydroxylation sites is 1. The molecule has 1 amide bonds. The van der Waals surface area contributed by atoms with E-state index in [9.17, 15) is 4.79 Å². The third kappa shape index (κ3) is 4.57. The van der Waals surface area contributed by atoms with Crippen molar-refractivity contribution in [2.75, 3.05) is 5.32 Å². The summed E-state index contributed by atoms with van der Waals surface area (Å²) < 4.78 is 0. The molecule has 0 unspecified atom stereocenters. The second-order valence-electron chi connectivity index (χ2n) is 4.92. The van der Waals surface area contributed by atoms with Crippen LogP contribution >= 0.6 is 23.5 Å². The predicted molar refractivity (Wildman–Crippen MR) is 99.2 cm³/mol. The smallest absolute Gasteiger partial charge is 0.409 e. The zero-order valence-corrected chi connectivity index (χ0v) is 14.3. The van der Waals surface area contributed by atoms with Crippen molar-refractivity contribution in [2.24, 2.45) is 0 Å². The first-order valence-corrected chi connectivity index (χ1v) is 8.94. The molecule has 0 aliphatic carbocycles. The summed E-state index contributed by atoms with van der Waals surface area (Å²) in [7, 11) is 0. The highest BCUT2D eigenvalue weighted by Gasteiger charge is 2.07. The molecule has 0 saturated carbocycles. The van der Waals surface area contributed by atoms with Crippen molar-refractivity contribution < 1.29 is 9.90 Å². The maximum Gasteiger partial charge on any atom is 0.409 e. The van der Waals surface area contributed by atoms with Crippen LogP contribution in [0.1, 0.15) is 0 Å². The molecule has 0 fully saturated rings. The molecule has 3 aromatic carbocycles. The van der Waals surface area contributed by atoms with Gasteiger partial charge in [-0.3, -0.25) is 5.32 Å². The Balaban J connectivity index is 1.79. The lowest BCUT2D eigenvalue weighted by atomic mass is 10.3. The van der Waals surface area contributed by atoms with Crippen LogP contribution < -0.4 is 5.32 Å². The third-order valence-electron chi connectivity index (χ3n) is 3.14. The van der Waals surface area contributed by atoms with Gasteiger partial charge in [-0.1, -0.05) is 59.9 Å². The van der Waals surface area contributed by atoms with Gasteiger partial charge >= 0.3 is 6.09 Å². The zero-order valence-electron chi connectivity index (χ0n) is 12.7. The van der Waals surface area contributed by atoms with Crippen LogP contribution in [0.5, 0.6) is 0 Å². The predicted octanol–water partition coefficient (Wildman–Crippen LogP) is 6.08. The Hall–Kier alpha value is -2.37. The molecule has 0 heterocycles. The minimum atomic E-state index is -1.06. The van der Waals surface area contributed by atoms with Crippen LogP contribution in [0.25, 0.3) is 0 Å². The summed E-state index contributed by atoms with van der Waals surface area (Å²) in [5.74, 6) is 0. The minimum absolute atomic E-state index is 0.594. The summed E-state index contributed by atoms with van der Waals surface area (Å²) in [6, 6.07) is 25.8. The van der Waals surface area contributed by atoms with Crippen LogP contribution in [0.4, 0.5) is 10.5 Å². The van der Waals surface area contributed by atoms with Crippen LogP contribution in [0.2, 0.25) is 0 Å². The van der Waals surface area contributed by atoms with E-state index in [0.717, 1.165) is 14.7 Å². The van der Waals surface area contributed by atoms with Crippen LogP contribution in [-0.4, -0.2) is 11.2 Å². The van der Waals surface area contributed by atoms with Crippen LogP contribution in [-0.2, 0) is 0 Å². The van der Waals surface area contributed by atoms with Crippen molar-refractivity contribution in [3.05, 3.63) is 78.9 Å². The first-order chi connectivity index (χ1) is 11.7. The van der Waals surface area contributed by atoms with E-state index < -0.39 is 6.09 Å². The first-order valence-electron chi connectivity index (χ1n) is 7.30. The molecule has 0 aliphatic heterocycles. The molecule has 24 heavy (non-hydrogen) atoms. The molecule has 0 bridgehead atoms. The largest absolute Gasteiger partial charge is 0.465 e. The van der Waals surface area contributed by atoms with E-state index in [0.29, 0.717) is 5.69 Å². The lowest BCUT2D eigenvalue weighted by Crippen LogP contribution is -2.07. The first kappa shape index (κ1) is 16.5. The van der Waals surface area contributed by atoms with Gasteiger partial charge in [-0.05, 0) is 42.5 Å². The van der Waals surface area contributed by atoms with Crippen LogP contribution in [0.15, 0.2) is 98.4 Å². The van der Waals surface area contributed by atoms with Crippen molar-refractivity contribution in [1.82, 2.24) is 0 Å². The fourth-order valence-corrected chi connectivity index (χ4v) is 4.06. The highest BCUT2D eigenvalue weighted by molar-refractivity contribution is 8.00. The quantitative estimate of drug-likeness (QED) is 0.584. The maximum atomic E-state index is 10.9. The molecule has 0 radical (unpaired) electrons. The van der Waals surface area contributed by atoms with E-state index in [1.54, 1.807) is 29.6 Å². The standard InChI is InChI=1S/C19H15NO2S2/c21-19(22)20-17-11-4-5-12-18(17)24-16-10-6-9-15(13-16)23-14-7-2-1-3-8-14/h1-13,20H,(H,21,22). The van der Waals surface area contributed by atoms with Gasteiger partial charge in [-0.2, -0.15) is 0 Å². The summed E-state index contributed by atoms with van der Waals surface area (Å²) in [5.41, 5.74) is 0.594. The van der Waals surface area contributed by atoms with E-state index in [4.69, 9.17) is 5.11 Å². The number of carboxylic acid groups (broad SMARTS) is 1. The van der Waals surface area contributed by atoms with Gasteiger partial charge in [0.15, 0.2) is 0 Å². The van der Waals surface area contributed by atoms with Gasteiger partial charge in [0.2, 0.25) is 0 Å². The van der Waals surface area contributed by atoms with Gasteiger partial charge < -0.3 is 5.11 Å². The number of amides is 1. The highest BCUT2D eigenvalue weighted by Crippen LogP contribution is 2.36. The average Bonchev–Trinajstić information content (AvgIpc) is 2.57. The number of hydrogen-bond acceptors (Lipinski definition) is 3. The fraction of sp³-hybridized carbons (Fsp3) is 0. The third-order valence-corrected chi connectivity index (χ3v) is 5.20. The molecular weight excluding hydrogens is 338 g/mol. The molecule has 0 aromatic heterocycles. The fourth-order valence-electron chi connectivity index (χ4n) is 2.13. The van der Waals surface area contributed by atoms with E-state index in [1.165, 1.54) is 4.90 Å². The second-order valence-corrected chi connectivity index (χ2v) is 7.18. The monoisotopic (exact) mass is 353 g/mol. The molecule has 3 nitrogen and oxygen atoms in total. The van der Waals surface area contributed by atoms with Crippen molar-refractivity contribution in [2.45, 2.75) is 19.6 Å². The Labute approximate surface area is 149 Å². The van der Waals surface area contributed by atoms with Crippen molar-refractivity contribution in [3.63, 3.8) is 0 Å². The van der Waals surface area contributed by atoms with E-state index in [2.05, 4.69) is 29.6 Å². The number of carbonyl (C=O) groups is 1. The molecule has 0 spiro atoms. The SMILES string of the molecule is O=C(O)Nc1ccccc1Sc1cccc(Sc2ccccc2)c1. The Morgan fingerprint density at radius 2 is 1.38 bits per heavy atom. The van der Waals surface area contributed by atoms with Crippen LogP contribution in [0.3, 0.4) is 0 Å². The van der Waals surface area contributed by atoms with Crippen molar-refractivity contribution >= 4 is 35.3 Å². The average molecular weight is 353 g/mol. The molecule has 0 saturated heterocycles. The topological polar surface area (TPSA) is 49.3 Å². The minimum Gasteiger partial charge on any atom is -0.465 e. The summed E-state index contributed by atoms with van der Waals surface area (Å²) in [6.07, 6.45) is -1.06. The molecule has 0 aliphatic rings. The Bertz CT molecular complexity index is 838. The molecule has 5 heteroatoms. The summed E-state index contributed by atoms with van der Waals surface area (Å²) >= 11 is 3.25. The second kappa shape index (κ2) is 7.95. The highest BCUT2D eigenvalue weighted by atomic mass is 32.2. The Morgan fingerprint density at radius 1 is 0.750 bits per heavy atom. The van der Waals surface area contributed by atoms with Gasteiger partial charge in [0.1, 0.15) is 0 Å². The molecule has 3 aromatic rings. The molecule has 120 valence electrons. The normalized spacial score (nSPS) is 10.3. The van der Waals surface area contributed by atoms with Gasteiger partial charge in [0, 0.05) is 19.6 Å². The van der Waals surface area contributed by atoms with Crippen molar-refractivity contribution in [1.29, 1.82) is 0 Å². The van der Waals surface area contributed by atoms with Crippen LogP contribution in [0, 0.1) is 0 Å². The number of hydrogen-bond donors (Lipinski definition) is 2. The van der Waals surface area contributed by atoms with E-state index in [-0.39, 0.29) is 0 Å². The lowest BCUT2D eigenvalue weighted by Gasteiger charge is -2.09. The Kier molecular flexibility index (Phi) is 5.46. The molecule has 0 atom stereocenters. The molecule has 3 rings (SSSR count). The number of nitrogens with one attached hydrogen (secondary N) is 1. The number of anilines is 1. The summed E-state index contributed by atoms with van der Waals surface area (Å²) in [5, 5.41) is 11.4. The zero-order chi connectivity index (χ0) is 16.8. The maximum absolute atomic E-state index is 10.9. The van der Waals surface area contributed by atoms with Gasteiger partial charge in [0.25, 0.3) is 0 Å². The van der Waals surface area contributed by atoms with Gasteiger partial charge in [0.05, 0.1) is 5.69 Å². The van der Waals surface area contributed by atoms with E-state index >= 15 is 0 Å². The molecular formula is C19H15NO2S2. The van der Waals surface area contributed by atoms with Crippen molar-refractivity contribution in [3.8, 4) is 0 Å². The molecule has 2 N–H and O–H groups in total. The van der Waals surface area contributed by atoms with E-state index in [1.807, 2.05) is 48.5 Å². The number of rotatable bonds is 5. The summed E-state index contributed by atoms with van der Waals surface area (Å²) in [6.45, 7) is 0. The summed E-state index contributed by atoms with van der Waals surface area (Å²) in [4.78, 5) is 15.2. The van der Waals surface area contributed by atoms with Gasteiger partial charge in [-0.15, -0.1) is 0 Å².